The van der Waals surface area contributed by atoms with Crippen LogP contribution in [0.2, 0.25) is 0 Å². The first-order chi connectivity index (χ1) is 8.19. The lowest BCUT2D eigenvalue weighted by atomic mass is 9.99. The molecule has 2 rings (SSSR count). The highest BCUT2D eigenvalue weighted by Gasteiger charge is 2.21. The van der Waals surface area contributed by atoms with E-state index < -0.39 is 12.2 Å². The number of H-pyrrole nitrogens is 1. The van der Waals surface area contributed by atoms with Crippen LogP contribution >= 0.6 is 11.6 Å². The molecule has 1 aromatic heterocycles. The molecule has 0 aliphatic heterocycles. The van der Waals surface area contributed by atoms with E-state index in [0.29, 0.717) is 22.8 Å². The van der Waals surface area contributed by atoms with Gasteiger partial charge in [0.05, 0.1) is 12.0 Å². The van der Waals surface area contributed by atoms with Crippen LogP contribution in [0.4, 0.5) is 0 Å². The molecule has 2 unspecified atom stereocenters. The second-order valence-corrected chi connectivity index (χ2v) is 4.11. The van der Waals surface area contributed by atoms with Crippen molar-refractivity contribution in [2.24, 2.45) is 0 Å². The molecule has 4 nitrogen and oxygen atoms in total. The third-order valence-electron chi connectivity index (χ3n) is 2.74. The van der Waals surface area contributed by atoms with Gasteiger partial charge >= 0.3 is 0 Å². The summed E-state index contributed by atoms with van der Waals surface area (Å²) in [6, 6.07) is 5.21. The molecule has 90 valence electrons. The second-order valence-electron chi connectivity index (χ2n) is 3.80. The third-order valence-corrected chi connectivity index (χ3v) is 3.05. The molecule has 0 saturated heterocycles. The zero-order valence-electron chi connectivity index (χ0n) is 8.93. The minimum absolute atomic E-state index is 0.0710. The molecule has 0 aliphatic carbocycles. The fourth-order valence-electron chi connectivity index (χ4n) is 1.87. The van der Waals surface area contributed by atoms with E-state index in [1.54, 1.807) is 24.4 Å². The molecule has 2 atom stereocenters. The summed E-state index contributed by atoms with van der Waals surface area (Å²) in [7, 11) is 0. The molecule has 3 N–H and O–H groups in total. The van der Waals surface area contributed by atoms with Crippen LogP contribution in [0.3, 0.4) is 0 Å². The number of fused-ring (bicyclic) bond motifs is 1. The number of aromatic amines is 1. The predicted octanol–water partition coefficient (Wildman–Crippen LogP) is 1.61. The van der Waals surface area contributed by atoms with Crippen LogP contribution in [-0.2, 0) is 0 Å². The highest BCUT2D eigenvalue weighted by atomic mass is 35.5. The smallest absolute Gasteiger partial charge is 0.152 e. The van der Waals surface area contributed by atoms with Crippen molar-refractivity contribution in [2.45, 2.75) is 12.2 Å². The Morgan fingerprint density at radius 3 is 2.82 bits per heavy atom. The summed E-state index contributed by atoms with van der Waals surface area (Å²) >= 11 is 5.51. The Morgan fingerprint density at radius 1 is 1.41 bits per heavy atom. The zero-order chi connectivity index (χ0) is 12.4. The average molecular weight is 254 g/mol. The van der Waals surface area contributed by atoms with E-state index >= 15 is 0 Å². The van der Waals surface area contributed by atoms with Gasteiger partial charge in [-0.1, -0.05) is 12.1 Å². The summed E-state index contributed by atoms with van der Waals surface area (Å²) in [5, 5.41) is 20.1. The van der Waals surface area contributed by atoms with Gasteiger partial charge in [0.1, 0.15) is 6.10 Å². The van der Waals surface area contributed by atoms with Crippen molar-refractivity contribution in [3.63, 3.8) is 0 Å². The molecule has 0 amide bonds. The molecule has 1 aromatic carbocycles. The summed E-state index contributed by atoms with van der Waals surface area (Å²) in [4.78, 5) is 13.8. The molecule has 0 spiro atoms. The van der Waals surface area contributed by atoms with Crippen molar-refractivity contribution in [1.29, 1.82) is 0 Å². The van der Waals surface area contributed by atoms with E-state index in [1.165, 1.54) is 0 Å². The van der Waals surface area contributed by atoms with Crippen LogP contribution < -0.4 is 0 Å². The minimum atomic E-state index is -1.11. The third kappa shape index (κ3) is 2.07. The van der Waals surface area contributed by atoms with Gasteiger partial charge in [0.15, 0.2) is 6.29 Å². The van der Waals surface area contributed by atoms with Gasteiger partial charge in [-0.25, -0.2) is 0 Å². The van der Waals surface area contributed by atoms with Crippen molar-refractivity contribution in [3.8, 4) is 0 Å². The van der Waals surface area contributed by atoms with Gasteiger partial charge in [-0.05, 0) is 11.6 Å². The number of hydrogen-bond acceptors (Lipinski definition) is 3. The number of aliphatic hydroxyl groups is 2. The summed E-state index contributed by atoms with van der Waals surface area (Å²) in [6.07, 6.45) is 0.116. The van der Waals surface area contributed by atoms with E-state index in [1.807, 2.05) is 0 Å². The van der Waals surface area contributed by atoms with Crippen molar-refractivity contribution in [3.05, 3.63) is 35.5 Å². The Morgan fingerprint density at radius 2 is 2.18 bits per heavy atom. The summed E-state index contributed by atoms with van der Waals surface area (Å²) in [6.45, 7) is 0. The topological polar surface area (TPSA) is 73.3 Å². The molecular formula is C12H12ClNO3. The molecule has 0 aliphatic rings. The molecule has 17 heavy (non-hydrogen) atoms. The van der Waals surface area contributed by atoms with Crippen LogP contribution in [0.5, 0.6) is 0 Å². The average Bonchev–Trinajstić information content (AvgIpc) is 2.79. The number of halogens is 1. The summed E-state index contributed by atoms with van der Waals surface area (Å²) in [5.41, 5.74) is 1.70. The lowest BCUT2D eigenvalue weighted by Crippen LogP contribution is -2.19. The number of carbonyl (C=O) groups excluding carboxylic acids is 1. The van der Waals surface area contributed by atoms with Crippen LogP contribution in [0.15, 0.2) is 24.4 Å². The van der Waals surface area contributed by atoms with Crippen molar-refractivity contribution in [1.82, 2.24) is 4.98 Å². The molecule has 1 heterocycles. The van der Waals surface area contributed by atoms with Crippen molar-refractivity contribution in [2.75, 3.05) is 5.88 Å². The largest absolute Gasteiger partial charge is 0.389 e. The molecular weight excluding hydrogens is 242 g/mol. The number of aromatic nitrogens is 1. The highest BCUT2D eigenvalue weighted by molar-refractivity contribution is 6.18. The SMILES string of the molecule is O=Cc1c[nH]c2cccc(C(O)C(O)CCl)c12. The Hall–Kier alpha value is -1.36. The molecule has 0 bridgehead atoms. The first kappa shape index (κ1) is 12.1. The highest BCUT2D eigenvalue weighted by Crippen LogP contribution is 2.28. The predicted molar refractivity (Wildman–Crippen MR) is 65.4 cm³/mol. The number of rotatable bonds is 4. The molecule has 0 fully saturated rings. The lowest BCUT2D eigenvalue weighted by Gasteiger charge is -2.16. The zero-order valence-corrected chi connectivity index (χ0v) is 9.69. The Kier molecular flexibility index (Phi) is 3.47. The van der Waals surface area contributed by atoms with Crippen LogP contribution in [-0.4, -0.2) is 33.5 Å². The number of carbonyl (C=O) groups is 1. The Bertz CT molecular complexity index is 538. The van der Waals surface area contributed by atoms with E-state index in [4.69, 9.17) is 11.6 Å². The number of nitrogens with one attached hydrogen (secondary N) is 1. The first-order valence-corrected chi connectivity index (χ1v) is 5.69. The van der Waals surface area contributed by atoms with Crippen LogP contribution in [0.1, 0.15) is 22.0 Å². The van der Waals surface area contributed by atoms with Crippen LogP contribution in [0, 0.1) is 0 Å². The van der Waals surface area contributed by atoms with Crippen molar-refractivity contribution >= 4 is 28.8 Å². The maximum atomic E-state index is 10.9. The number of hydrogen-bond donors (Lipinski definition) is 3. The van der Waals surface area contributed by atoms with Gasteiger partial charge in [0, 0.05) is 22.7 Å². The second kappa shape index (κ2) is 4.87. The monoisotopic (exact) mass is 253 g/mol. The van der Waals surface area contributed by atoms with E-state index in [-0.39, 0.29) is 5.88 Å². The fourth-order valence-corrected chi connectivity index (χ4v) is 2.04. The Labute approximate surface area is 103 Å². The first-order valence-electron chi connectivity index (χ1n) is 5.16. The lowest BCUT2D eigenvalue weighted by molar-refractivity contribution is 0.0336. The fraction of sp³-hybridized carbons (Fsp3) is 0.250. The van der Waals surface area contributed by atoms with Gasteiger partial charge in [-0.15, -0.1) is 11.6 Å². The molecule has 0 saturated carbocycles. The van der Waals surface area contributed by atoms with Gasteiger partial charge in [-0.2, -0.15) is 0 Å². The number of aldehydes is 1. The van der Waals surface area contributed by atoms with E-state index in [0.717, 1.165) is 5.52 Å². The van der Waals surface area contributed by atoms with E-state index in [2.05, 4.69) is 4.98 Å². The molecule has 2 aromatic rings. The van der Waals surface area contributed by atoms with Crippen LogP contribution in [0.25, 0.3) is 10.9 Å². The minimum Gasteiger partial charge on any atom is -0.389 e. The molecule has 0 radical (unpaired) electrons. The van der Waals surface area contributed by atoms with Crippen molar-refractivity contribution < 1.29 is 15.0 Å². The summed E-state index contributed by atoms with van der Waals surface area (Å²) in [5.74, 6) is -0.0710. The normalized spacial score (nSPS) is 14.8. The van der Waals surface area contributed by atoms with Gasteiger partial charge < -0.3 is 15.2 Å². The quantitative estimate of drug-likeness (QED) is 0.573. The van der Waals surface area contributed by atoms with E-state index in [9.17, 15) is 15.0 Å². The summed E-state index contributed by atoms with van der Waals surface area (Å²) < 4.78 is 0. The van der Waals surface area contributed by atoms with Gasteiger partial charge in [0.2, 0.25) is 0 Å². The standard InChI is InChI=1S/C12H12ClNO3/c13-4-10(16)12(17)8-2-1-3-9-11(8)7(6-15)5-14-9/h1-3,5-6,10,12,14,16-17H,4H2. The maximum Gasteiger partial charge on any atom is 0.152 e. The number of benzene rings is 1. The Balaban J connectivity index is 2.60. The molecule has 5 heteroatoms. The van der Waals surface area contributed by atoms with Gasteiger partial charge in [-0.3, -0.25) is 4.79 Å². The number of aliphatic hydroxyl groups excluding tert-OH is 2. The maximum absolute atomic E-state index is 10.9. The number of alkyl halides is 1. The van der Waals surface area contributed by atoms with Gasteiger partial charge in [0.25, 0.3) is 0 Å².